The van der Waals surface area contributed by atoms with Crippen molar-refractivity contribution in [2.45, 2.75) is 37.3 Å². The van der Waals surface area contributed by atoms with Crippen molar-refractivity contribution in [1.82, 2.24) is 0 Å². The zero-order valence-electron chi connectivity index (χ0n) is 18.0. The fourth-order valence-electron chi connectivity index (χ4n) is 4.33. The maximum Gasteiger partial charge on any atom is 0.416 e. The van der Waals surface area contributed by atoms with Gasteiger partial charge in [0.25, 0.3) is 0 Å². The summed E-state index contributed by atoms with van der Waals surface area (Å²) in [7, 11) is 0. The molecule has 2 aromatic carbocycles. The van der Waals surface area contributed by atoms with Crippen molar-refractivity contribution >= 4 is 11.9 Å². The van der Waals surface area contributed by atoms with Gasteiger partial charge in [-0.2, -0.15) is 13.2 Å². The van der Waals surface area contributed by atoms with Crippen molar-refractivity contribution in [1.29, 1.82) is 0 Å². The van der Waals surface area contributed by atoms with Crippen LogP contribution in [0.2, 0.25) is 0 Å². The van der Waals surface area contributed by atoms with Crippen molar-refractivity contribution in [3.8, 4) is 5.75 Å². The second kappa shape index (κ2) is 9.89. The molecule has 1 saturated carbocycles. The molecule has 1 heterocycles. The highest BCUT2D eigenvalue weighted by atomic mass is 19.4. The number of carbonyl (C=O) groups is 2. The lowest BCUT2D eigenvalue weighted by atomic mass is 9.91. The lowest BCUT2D eigenvalue weighted by molar-refractivity contribution is -0.142. The molecule has 6 nitrogen and oxygen atoms in total. The summed E-state index contributed by atoms with van der Waals surface area (Å²) in [6.45, 7) is -0.275. The van der Waals surface area contributed by atoms with E-state index >= 15 is 0 Å². The quantitative estimate of drug-likeness (QED) is 0.477. The normalized spacial score (nSPS) is 25.1. The third kappa shape index (κ3) is 5.59. The number of halogens is 3. The van der Waals surface area contributed by atoms with Crippen LogP contribution < -0.4 is 4.74 Å². The molecule has 2 fully saturated rings. The van der Waals surface area contributed by atoms with Gasteiger partial charge in [0.15, 0.2) is 0 Å². The SMILES string of the molecule is O=C1C[C@H]2[C@H](C=C[C@@H](O)COc3cccc(C(F)(F)F)c3)[C@@H](OC(=O)c3ccccc3)C[C@H]2O1. The Morgan fingerprint density at radius 3 is 2.68 bits per heavy atom. The average Bonchev–Trinajstić information content (AvgIpc) is 3.31. The molecule has 0 radical (unpaired) electrons. The van der Waals surface area contributed by atoms with Crippen molar-refractivity contribution in [3.63, 3.8) is 0 Å². The first-order chi connectivity index (χ1) is 16.2. The maximum atomic E-state index is 12.8. The van der Waals surface area contributed by atoms with Crippen molar-refractivity contribution in [2.75, 3.05) is 6.61 Å². The number of benzene rings is 2. The van der Waals surface area contributed by atoms with Crippen LogP contribution >= 0.6 is 0 Å². The van der Waals surface area contributed by atoms with Crippen LogP contribution in [0.3, 0.4) is 0 Å². The van der Waals surface area contributed by atoms with Crippen LogP contribution in [0.15, 0.2) is 66.7 Å². The van der Waals surface area contributed by atoms with E-state index in [1.165, 1.54) is 18.2 Å². The van der Waals surface area contributed by atoms with Crippen LogP contribution in [0.1, 0.15) is 28.8 Å². The molecule has 5 atom stereocenters. The Morgan fingerprint density at radius 1 is 1.18 bits per heavy atom. The third-order valence-corrected chi connectivity index (χ3v) is 5.96. The zero-order chi connectivity index (χ0) is 24.3. The van der Waals surface area contributed by atoms with E-state index in [0.29, 0.717) is 12.0 Å². The number of aliphatic hydroxyl groups is 1. The Bertz CT molecular complexity index is 1050. The molecule has 1 aliphatic carbocycles. The minimum atomic E-state index is -4.50. The summed E-state index contributed by atoms with van der Waals surface area (Å²) >= 11 is 0. The van der Waals surface area contributed by atoms with Crippen LogP contribution in [-0.4, -0.2) is 42.0 Å². The number of carbonyl (C=O) groups excluding carboxylic acids is 2. The molecule has 180 valence electrons. The fourth-order valence-corrected chi connectivity index (χ4v) is 4.33. The van der Waals surface area contributed by atoms with E-state index in [9.17, 15) is 27.9 Å². The van der Waals surface area contributed by atoms with Gasteiger partial charge < -0.3 is 19.3 Å². The molecule has 34 heavy (non-hydrogen) atoms. The molecule has 0 aromatic heterocycles. The monoisotopic (exact) mass is 476 g/mol. The highest BCUT2D eigenvalue weighted by Crippen LogP contribution is 2.43. The highest BCUT2D eigenvalue weighted by molar-refractivity contribution is 5.89. The first-order valence-electron chi connectivity index (χ1n) is 10.8. The van der Waals surface area contributed by atoms with Gasteiger partial charge in [-0.1, -0.05) is 36.4 Å². The van der Waals surface area contributed by atoms with Crippen LogP contribution in [0, 0.1) is 11.8 Å². The van der Waals surface area contributed by atoms with Gasteiger partial charge in [-0.05, 0) is 30.3 Å². The minimum Gasteiger partial charge on any atom is -0.491 e. The lowest BCUT2D eigenvalue weighted by Gasteiger charge is -2.20. The molecule has 0 spiro atoms. The number of aliphatic hydroxyl groups excluding tert-OH is 1. The molecule has 0 amide bonds. The third-order valence-electron chi connectivity index (χ3n) is 5.96. The molecule has 4 rings (SSSR count). The molecule has 1 aliphatic heterocycles. The predicted octanol–water partition coefficient (Wildman–Crippen LogP) is 4.18. The van der Waals surface area contributed by atoms with Gasteiger partial charge in [-0.3, -0.25) is 4.79 Å². The predicted molar refractivity (Wildman–Crippen MR) is 114 cm³/mol. The van der Waals surface area contributed by atoms with Gasteiger partial charge in [0, 0.05) is 18.3 Å². The van der Waals surface area contributed by atoms with Crippen molar-refractivity contribution in [3.05, 3.63) is 77.9 Å². The molecule has 0 bridgehead atoms. The summed E-state index contributed by atoms with van der Waals surface area (Å²) in [5.74, 6) is -1.41. The van der Waals surface area contributed by atoms with E-state index < -0.39 is 29.9 Å². The Hall–Kier alpha value is -3.33. The lowest BCUT2D eigenvalue weighted by Crippen LogP contribution is -2.25. The van der Waals surface area contributed by atoms with E-state index in [4.69, 9.17) is 14.2 Å². The summed E-state index contributed by atoms with van der Waals surface area (Å²) in [6, 6.07) is 12.9. The van der Waals surface area contributed by atoms with E-state index in [0.717, 1.165) is 12.1 Å². The second-order valence-corrected chi connectivity index (χ2v) is 8.31. The van der Waals surface area contributed by atoms with E-state index in [-0.39, 0.29) is 42.7 Å². The van der Waals surface area contributed by atoms with Crippen molar-refractivity contribution < 1.29 is 42.1 Å². The highest BCUT2D eigenvalue weighted by Gasteiger charge is 2.50. The maximum absolute atomic E-state index is 12.8. The summed E-state index contributed by atoms with van der Waals surface area (Å²) in [5.41, 5.74) is -0.449. The number of fused-ring (bicyclic) bond motifs is 1. The number of ether oxygens (including phenoxy) is 3. The minimum absolute atomic E-state index is 0.0207. The second-order valence-electron chi connectivity index (χ2n) is 8.31. The fraction of sp³-hybridized carbons (Fsp3) is 0.360. The smallest absolute Gasteiger partial charge is 0.416 e. The van der Waals surface area contributed by atoms with Crippen LogP contribution in [0.4, 0.5) is 13.2 Å². The van der Waals surface area contributed by atoms with Gasteiger partial charge in [-0.15, -0.1) is 0 Å². The molecule has 9 heteroatoms. The number of hydrogen-bond donors (Lipinski definition) is 1. The molecular formula is C25H23F3O6. The van der Waals surface area contributed by atoms with Gasteiger partial charge in [0.1, 0.15) is 30.7 Å². The van der Waals surface area contributed by atoms with Crippen LogP contribution in [-0.2, 0) is 20.4 Å². The molecule has 1 N–H and O–H groups in total. The first-order valence-corrected chi connectivity index (χ1v) is 10.8. The number of rotatable bonds is 7. The van der Waals surface area contributed by atoms with Gasteiger partial charge in [-0.25, -0.2) is 4.79 Å². The Balaban J connectivity index is 1.40. The Kier molecular flexibility index (Phi) is 6.92. The van der Waals surface area contributed by atoms with Gasteiger partial charge >= 0.3 is 18.1 Å². The summed E-state index contributed by atoms with van der Waals surface area (Å²) in [5, 5.41) is 10.3. The zero-order valence-corrected chi connectivity index (χ0v) is 18.0. The summed E-state index contributed by atoms with van der Waals surface area (Å²) < 4.78 is 54.9. The number of hydrogen-bond acceptors (Lipinski definition) is 6. The number of esters is 2. The molecular weight excluding hydrogens is 453 g/mol. The largest absolute Gasteiger partial charge is 0.491 e. The first kappa shape index (κ1) is 23.8. The molecule has 1 saturated heterocycles. The summed E-state index contributed by atoms with van der Waals surface area (Å²) in [4.78, 5) is 24.3. The standard InChI is InChI=1S/C25H23F3O6/c26-25(27,28)16-7-4-8-18(11-16)32-14-17(29)9-10-19-20-12-23(30)33-22(20)13-21(19)34-24(31)15-5-2-1-3-6-15/h1-11,17,19-22,29H,12-14H2/t17-,19+,20+,21+,22-/m1/s1. The molecule has 2 aliphatic rings. The van der Waals surface area contributed by atoms with Gasteiger partial charge in [0.2, 0.25) is 0 Å². The topological polar surface area (TPSA) is 82.1 Å². The van der Waals surface area contributed by atoms with Crippen LogP contribution in [0.5, 0.6) is 5.75 Å². The molecule has 2 aromatic rings. The van der Waals surface area contributed by atoms with Crippen molar-refractivity contribution in [2.24, 2.45) is 11.8 Å². The van der Waals surface area contributed by atoms with E-state index in [1.54, 1.807) is 36.4 Å². The van der Waals surface area contributed by atoms with Gasteiger partial charge in [0.05, 0.1) is 17.5 Å². The van der Waals surface area contributed by atoms with E-state index in [2.05, 4.69) is 0 Å². The summed E-state index contributed by atoms with van der Waals surface area (Å²) in [6.07, 6.45) is -2.93. The van der Waals surface area contributed by atoms with Crippen LogP contribution in [0.25, 0.3) is 0 Å². The number of alkyl halides is 3. The Morgan fingerprint density at radius 2 is 1.94 bits per heavy atom. The van der Waals surface area contributed by atoms with E-state index in [1.807, 2.05) is 0 Å². The Labute approximate surface area is 193 Å². The molecule has 0 unspecified atom stereocenters. The average molecular weight is 476 g/mol.